The molecular formula is C26H29NO10. The van der Waals surface area contributed by atoms with E-state index < -0.39 is 47.3 Å². The van der Waals surface area contributed by atoms with E-state index in [1.807, 2.05) is 24.3 Å². The summed E-state index contributed by atoms with van der Waals surface area (Å²) in [6.07, 6.45) is -2.12. The van der Waals surface area contributed by atoms with Crippen LogP contribution in [-0.2, 0) is 25.5 Å². The maximum atomic E-state index is 12.4. The Bertz CT molecular complexity index is 1140. The van der Waals surface area contributed by atoms with Crippen LogP contribution in [0.5, 0.6) is 0 Å². The molecule has 0 bridgehead atoms. The highest BCUT2D eigenvalue weighted by Gasteiger charge is 2.66. The molecule has 2 heterocycles. The monoisotopic (exact) mass is 515 g/mol. The maximum Gasteiger partial charge on any atom is 0.297 e. The molecule has 0 aromatic heterocycles. The van der Waals surface area contributed by atoms with Gasteiger partial charge in [-0.15, -0.1) is 10.1 Å². The van der Waals surface area contributed by atoms with Crippen molar-refractivity contribution in [3.8, 4) is 0 Å². The van der Waals surface area contributed by atoms with Crippen molar-refractivity contribution < 1.29 is 44.3 Å². The minimum atomic E-state index is -2.62. The molecule has 4 rings (SSSR count). The number of aldehydes is 1. The van der Waals surface area contributed by atoms with E-state index in [0.717, 1.165) is 23.0 Å². The summed E-state index contributed by atoms with van der Waals surface area (Å²) < 4.78 is 10.7. The lowest BCUT2D eigenvalue weighted by atomic mass is 9.83. The number of hydrogen-bond donors (Lipinski definition) is 3. The van der Waals surface area contributed by atoms with Gasteiger partial charge >= 0.3 is 0 Å². The molecule has 198 valence electrons. The van der Waals surface area contributed by atoms with Gasteiger partial charge in [0.25, 0.3) is 5.09 Å². The van der Waals surface area contributed by atoms with Gasteiger partial charge in [0, 0.05) is 12.0 Å². The van der Waals surface area contributed by atoms with Crippen LogP contribution in [0.2, 0.25) is 0 Å². The van der Waals surface area contributed by atoms with Crippen LogP contribution in [0, 0.1) is 10.1 Å². The first kappa shape index (κ1) is 26.8. The van der Waals surface area contributed by atoms with Crippen LogP contribution in [0.25, 0.3) is 0 Å². The Labute approximate surface area is 212 Å². The van der Waals surface area contributed by atoms with Gasteiger partial charge in [0.05, 0.1) is 19.1 Å². The first-order valence-electron chi connectivity index (χ1n) is 11.9. The molecule has 0 saturated carbocycles. The van der Waals surface area contributed by atoms with E-state index in [9.17, 15) is 35.0 Å². The van der Waals surface area contributed by atoms with Crippen molar-refractivity contribution in [1.29, 1.82) is 0 Å². The highest BCUT2D eigenvalue weighted by molar-refractivity contribution is 5.87. The van der Waals surface area contributed by atoms with Crippen LogP contribution in [0.1, 0.15) is 52.7 Å². The number of rotatable bonds is 11. The number of ether oxygens (including phenoxy) is 2. The van der Waals surface area contributed by atoms with Crippen LogP contribution in [0.3, 0.4) is 0 Å². The molecule has 2 saturated heterocycles. The summed E-state index contributed by atoms with van der Waals surface area (Å²) in [4.78, 5) is 39.0. The van der Waals surface area contributed by atoms with Gasteiger partial charge in [-0.2, -0.15) is 0 Å². The fourth-order valence-corrected chi connectivity index (χ4v) is 5.14. The molecule has 0 amide bonds. The van der Waals surface area contributed by atoms with Crippen LogP contribution in [0.15, 0.2) is 48.5 Å². The molecule has 3 N–H and O–H groups in total. The Balaban J connectivity index is 1.45. The highest BCUT2D eigenvalue weighted by atomic mass is 17.0. The summed E-state index contributed by atoms with van der Waals surface area (Å²) in [5, 5.41) is 42.1. The van der Waals surface area contributed by atoms with E-state index in [1.54, 1.807) is 24.3 Å². The molecule has 2 unspecified atom stereocenters. The smallest absolute Gasteiger partial charge is 0.297 e. The summed E-state index contributed by atoms with van der Waals surface area (Å²) in [7, 11) is 0. The topological polar surface area (TPSA) is 166 Å². The predicted octanol–water partition coefficient (Wildman–Crippen LogP) is 1.33. The van der Waals surface area contributed by atoms with Gasteiger partial charge < -0.3 is 24.8 Å². The Kier molecular flexibility index (Phi) is 7.72. The minimum Gasteiger partial charge on any atom is -0.388 e. The molecule has 37 heavy (non-hydrogen) atoms. The molecule has 2 aliphatic rings. The second kappa shape index (κ2) is 10.6. The number of carbonyl (C=O) groups is 2. The van der Waals surface area contributed by atoms with Crippen molar-refractivity contribution in [2.24, 2.45) is 0 Å². The highest BCUT2D eigenvalue weighted by Crippen LogP contribution is 2.43. The van der Waals surface area contributed by atoms with Crippen molar-refractivity contribution in [2.45, 2.75) is 61.8 Å². The third-order valence-electron chi connectivity index (χ3n) is 7.10. The average Bonchev–Trinajstić information content (AvgIpc) is 3.41. The van der Waals surface area contributed by atoms with E-state index in [-0.39, 0.29) is 25.2 Å². The molecule has 2 aromatic rings. The molecule has 2 fully saturated rings. The Hall–Kier alpha value is -3.22. The second-order valence-electron chi connectivity index (χ2n) is 9.54. The molecule has 0 spiro atoms. The van der Waals surface area contributed by atoms with Crippen LogP contribution < -0.4 is 0 Å². The number of aryl methyl sites for hydroxylation is 1. The SMILES string of the molecule is CC(=O)C(c1ccc(C=O)cc1)c1ccc(CCCC(O)(O[N+](=O)[O-])[C@]2(O)CO[C@@H]3[C@H](O)CO[C@@H]32)cc1. The summed E-state index contributed by atoms with van der Waals surface area (Å²) in [6, 6.07) is 14.1. The van der Waals surface area contributed by atoms with Crippen molar-refractivity contribution >= 4 is 12.1 Å². The predicted molar refractivity (Wildman–Crippen MR) is 127 cm³/mol. The van der Waals surface area contributed by atoms with E-state index in [4.69, 9.17) is 9.47 Å². The molecule has 2 aliphatic heterocycles. The Morgan fingerprint density at radius 2 is 1.84 bits per heavy atom. The van der Waals surface area contributed by atoms with Crippen molar-refractivity contribution in [3.63, 3.8) is 0 Å². The summed E-state index contributed by atoms with van der Waals surface area (Å²) in [5.74, 6) is -3.18. The van der Waals surface area contributed by atoms with Gasteiger partial charge in [0.1, 0.15) is 30.4 Å². The van der Waals surface area contributed by atoms with Crippen molar-refractivity contribution in [1.82, 2.24) is 0 Å². The molecule has 6 atom stereocenters. The van der Waals surface area contributed by atoms with Crippen molar-refractivity contribution in [2.75, 3.05) is 13.2 Å². The first-order valence-corrected chi connectivity index (χ1v) is 11.9. The minimum absolute atomic E-state index is 0.0572. The third-order valence-corrected chi connectivity index (χ3v) is 7.10. The molecule has 0 radical (unpaired) electrons. The van der Waals surface area contributed by atoms with E-state index in [1.165, 1.54) is 6.92 Å². The number of aliphatic hydroxyl groups excluding tert-OH is 1. The van der Waals surface area contributed by atoms with Gasteiger partial charge in [-0.1, -0.05) is 48.5 Å². The molecular weight excluding hydrogens is 486 g/mol. The number of fused-ring (bicyclic) bond motifs is 1. The fraction of sp³-hybridized carbons (Fsp3) is 0.462. The molecule has 11 heteroatoms. The normalized spacial score (nSPS) is 27.2. The fourth-order valence-electron chi connectivity index (χ4n) is 5.14. The van der Waals surface area contributed by atoms with Gasteiger partial charge in [-0.3, -0.25) is 14.4 Å². The number of carbonyl (C=O) groups excluding carboxylic acids is 2. The zero-order valence-corrected chi connectivity index (χ0v) is 20.2. The molecule has 2 aromatic carbocycles. The number of ketones is 1. The van der Waals surface area contributed by atoms with Crippen molar-refractivity contribution in [3.05, 3.63) is 80.9 Å². The lowest BCUT2D eigenvalue weighted by Crippen LogP contribution is -2.64. The van der Waals surface area contributed by atoms with E-state index in [2.05, 4.69) is 4.84 Å². The summed E-state index contributed by atoms with van der Waals surface area (Å²) >= 11 is 0. The number of nitrogens with zero attached hydrogens (tertiary/aromatic N) is 1. The van der Waals surface area contributed by atoms with Gasteiger partial charge in [-0.25, -0.2) is 0 Å². The first-order chi connectivity index (χ1) is 17.6. The summed E-state index contributed by atoms with van der Waals surface area (Å²) in [6.45, 7) is 0.858. The quantitative estimate of drug-likeness (QED) is 0.172. The van der Waals surface area contributed by atoms with E-state index >= 15 is 0 Å². The zero-order valence-electron chi connectivity index (χ0n) is 20.2. The Morgan fingerprint density at radius 1 is 1.22 bits per heavy atom. The lowest BCUT2D eigenvalue weighted by molar-refractivity contribution is -0.803. The van der Waals surface area contributed by atoms with Crippen LogP contribution in [-0.4, -0.2) is 75.4 Å². The van der Waals surface area contributed by atoms with Crippen LogP contribution >= 0.6 is 0 Å². The van der Waals surface area contributed by atoms with Gasteiger partial charge in [0.15, 0.2) is 5.60 Å². The van der Waals surface area contributed by atoms with Gasteiger partial charge in [-0.05, 0) is 36.5 Å². The lowest BCUT2D eigenvalue weighted by Gasteiger charge is -2.40. The number of aliphatic hydroxyl groups is 3. The number of benzene rings is 2. The number of Topliss-reactive ketones (excluding diaryl/α,β-unsaturated/α-hetero) is 1. The Morgan fingerprint density at radius 3 is 2.41 bits per heavy atom. The van der Waals surface area contributed by atoms with Crippen LogP contribution in [0.4, 0.5) is 0 Å². The molecule has 11 nitrogen and oxygen atoms in total. The van der Waals surface area contributed by atoms with E-state index in [0.29, 0.717) is 12.0 Å². The molecule has 0 aliphatic carbocycles. The third kappa shape index (κ3) is 5.27. The maximum absolute atomic E-state index is 12.4. The van der Waals surface area contributed by atoms with Gasteiger partial charge in [0.2, 0.25) is 5.79 Å². The number of hydrogen-bond acceptors (Lipinski definition) is 10. The zero-order chi connectivity index (χ0) is 26.8. The summed E-state index contributed by atoms with van der Waals surface area (Å²) in [5.41, 5.74) is 0.634. The largest absolute Gasteiger partial charge is 0.388 e. The second-order valence-corrected chi connectivity index (χ2v) is 9.54. The average molecular weight is 516 g/mol. The standard InChI is InChI=1S/C26H29NO10/c1-16(29)22(20-10-6-18(13-28)7-11-20)19-8-4-17(5-9-19)3-2-12-26(32,37-27(33)34)25(31)15-36-23-21(30)14-35-24(23)25/h4-11,13,21-24,30-32H,2-3,12,14-15H2,1H3/t21-,22?,23-,24+,25+,26?/m1/s1.